The predicted octanol–water partition coefficient (Wildman–Crippen LogP) is 3.65. The zero-order chi connectivity index (χ0) is 18.7. The van der Waals surface area contributed by atoms with Crippen LogP contribution in [-0.2, 0) is 0 Å². The van der Waals surface area contributed by atoms with Gasteiger partial charge < -0.3 is 10.6 Å². The van der Waals surface area contributed by atoms with Crippen molar-refractivity contribution in [1.29, 1.82) is 0 Å². The zero-order valence-corrected chi connectivity index (χ0v) is 15.5. The molecule has 0 spiro atoms. The van der Waals surface area contributed by atoms with Crippen LogP contribution < -0.4 is 16.0 Å². The second-order valence-corrected chi connectivity index (χ2v) is 6.42. The van der Waals surface area contributed by atoms with Crippen LogP contribution >= 0.6 is 0 Å². The van der Waals surface area contributed by atoms with Crippen molar-refractivity contribution in [1.82, 2.24) is 5.32 Å². The van der Waals surface area contributed by atoms with Crippen molar-refractivity contribution in [2.45, 2.75) is 32.9 Å². The number of hydrogen-bond donors (Lipinski definition) is 3. The maximum atomic E-state index is 13.2. The molecule has 1 aliphatic carbocycles. The van der Waals surface area contributed by atoms with Crippen LogP contribution in [0, 0.1) is 0 Å². The summed E-state index contributed by atoms with van der Waals surface area (Å²) < 4.78 is 0. The second-order valence-electron chi connectivity index (χ2n) is 6.42. The Labute approximate surface area is 154 Å². The Morgan fingerprint density at radius 3 is 2.00 bits per heavy atom. The van der Waals surface area contributed by atoms with E-state index in [4.69, 9.17) is 0 Å². The molecule has 0 saturated carbocycles. The third-order valence-electron chi connectivity index (χ3n) is 4.72. The van der Waals surface area contributed by atoms with Crippen molar-refractivity contribution in [2.75, 3.05) is 24.2 Å². The third kappa shape index (κ3) is 3.10. The number of anilines is 2. The molecule has 0 radical (unpaired) electrons. The van der Waals surface area contributed by atoms with E-state index in [9.17, 15) is 9.59 Å². The van der Waals surface area contributed by atoms with Crippen molar-refractivity contribution in [3.05, 3.63) is 58.7 Å². The molecule has 0 heterocycles. The molecule has 0 amide bonds. The molecule has 1 aliphatic rings. The van der Waals surface area contributed by atoms with Gasteiger partial charge in [0.15, 0.2) is 11.6 Å². The summed E-state index contributed by atoms with van der Waals surface area (Å²) in [5, 5.41) is 9.89. The highest BCUT2D eigenvalue weighted by Crippen LogP contribution is 2.36. The monoisotopic (exact) mass is 351 g/mol. The summed E-state index contributed by atoms with van der Waals surface area (Å²) in [4.78, 5) is 26.3. The Kier molecular flexibility index (Phi) is 5.38. The molecule has 1 unspecified atom stereocenters. The summed E-state index contributed by atoms with van der Waals surface area (Å²) in [5.74, 6) is -0.224. The normalized spacial score (nSPS) is 13.8. The van der Waals surface area contributed by atoms with Gasteiger partial charge in [-0.15, -0.1) is 0 Å². The first-order valence-electron chi connectivity index (χ1n) is 9.15. The van der Waals surface area contributed by atoms with Gasteiger partial charge in [0.05, 0.1) is 17.3 Å². The SMILES string of the molecule is CCCNC(CC)Nc1ccc(NC)c2c1C(=O)c1ccccc1C2=O. The van der Waals surface area contributed by atoms with E-state index < -0.39 is 0 Å². The van der Waals surface area contributed by atoms with Crippen LogP contribution in [0.5, 0.6) is 0 Å². The topological polar surface area (TPSA) is 70.2 Å². The molecule has 0 aliphatic heterocycles. The van der Waals surface area contributed by atoms with Crippen molar-refractivity contribution in [3.63, 3.8) is 0 Å². The first-order chi connectivity index (χ1) is 12.6. The molecule has 5 heteroatoms. The van der Waals surface area contributed by atoms with E-state index in [1.165, 1.54) is 0 Å². The van der Waals surface area contributed by atoms with Crippen molar-refractivity contribution >= 4 is 22.9 Å². The van der Waals surface area contributed by atoms with Gasteiger partial charge in [0.1, 0.15) is 0 Å². The van der Waals surface area contributed by atoms with E-state index in [0.717, 1.165) is 19.4 Å². The lowest BCUT2D eigenvalue weighted by molar-refractivity contribution is 0.0980. The summed E-state index contributed by atoms with van der Waals surface area (Å²) in [6.45, 7) is 5.08. The number of rotatable bonds is 7. The molecule has 0 bridgehead atoms. The number of carbonyl (C=O) groups is 2. The van der Waals surface area contributed by atoms with Crippen LogP contribution in [0.4, 0.5) is 11.4 Å². The molecule has 0 fully saturated rings. The summed E-state index contributed by atoms with van der Waals surface area (Å²) in [7, 11) is 1.76. The molecule has 2 aromatic rings. The summed E-state index contributed by atoms with van der Waals surface area (Å²) in [6, 6.07) is 10.8. The molecular formula is C21H25N3O2. The summed E-state index contributed by atoms with van der Waals surface area (Å²) >= 11 is 0. The average Bonchev–Trinajstić information content (AvgIpc) is 2.68. The van der Waals surface area contributed by atoms with Crippen LogP contribution in [0.3, 0.4) is 0 Å². The van der Waals surface area contributed by atoms with Crippen LogP contribution in [0.1, 0.15) is 58.5 Å². The molecule has 1 atom stereocenters. The molecule has 5 nitrogen and oxygen atoms in total. The summed E-state index contributed by atoms with van der Waals surface area (Å²) in [5.41, 5.74) is 3.21. The Morgan fingerprint density at radius 1 is 0.885 bits per heavy atom. The molecule has 2 aromatic carbocycles. The molecule has 0 aromatic heterocycles. The Balaban J connectivity index is 2.10. The fourth-order valence-corrected chi connectivity index (χ4v) is 3.36. The van der Waals surface area contributed by atoms with Gasteiger partial charge in [-0.25, -0.2) is 0 Å². The van der Waals surface area contributed by atoms with Gasteiger partial charge in [-0.3, -0.25) is 14.9 Å². The first-order valence-corrected chi connectivity index (χ1v) is 9.15. The molecule has 3 rings (SSSR count). The number of nitrogens with one attached hydrogen (secondary N) is 3. The maximum Gasteiger partial charge on any atom is 0.196 e. The number of hydrogen-bond acceptors (Lipinski definition) is 5. The average molecular weight is 351 g/mol. The van der Waals surface area contributed by atoms with Crippen LogP contribution in [0.25, 0.3) is 0 Å². The van der Waals surface area contributed by atoms with Gasteiger partial charge in [0.25, 0.3) is 0 Å². The Bertz CT molecular complexity index is 845. The number of carbonyl (C=O) groups excluding carboxylic acids is 2. The predicted molar refractivity (Wildman–Crippen MR) is 105 cm³/mol. The Hall–Kier alpha value is -2.66. The highest BCUT2D eigenvalue weighted by Gasteiger charge is 2.33. The fourth-order valence-electron chi connectivity index (χ4n) is 3.36. The quantitative estimate of drug-likeness (QED) is 0.567. The lowest BCUT2D eigenvalue weighted by Crippen LogP contribution is -2.37. The fraction of sp³-hybridized carbons (Fsp3) is 0.333. The van der Waals surface area contributed by atoms with Gasteiger partial charge in [0.2, 0.25) is 0 Å². The van der Waals surface area contributed by atoms with Crippen LogP contribution in [-0.4, -0.2) is 31.3 Å². The number of fused-ring (bicyclic) bond motifs is 2. The van der Waals surface area contributed by atoms with Crippen molar-refractivity contribution < 1.29 is 9.59 Å². The van der Waals surface area contributed by atoms with Crippen LogP contribution in [0.15, 0.2) is 36.4 Å². The molecular weight excluding hydrogens is 326 g/mol. The second kappa shape index (κ2) is 7.70. The lowest BCUT2D eigenvalue weighted by atomic mass is 9.82. The van der Waals surface area contributed by atoms with E-state index in [1.807, 2.05) is 12.1 Å². The minimum atomic E-state index is -0.113. The van der Waals surface area contributed by atoms with E-state index in [0.29, 0.717) is 33.6 Å². The van der Waals surface area contributed by atoms with E-state index >= 15 is 0 Å². The molecule has 0 saturated heterocycles. The van der Waals surface area contributed by atoms with Crippen molar-refractivity contribution in [2.24, 2.45) is 0 Å². The van der Waals surface area contributed by atoms with E-state index in [2.05, 4.69) is 29.8 Å². The number of ketones is 2. The van der Waals surface area contributed by atoms with Gasteiger partial charge in [-0.1, -0.05) is 38.1 Å². The van der Waals surface area contributed by atoms with Gasteiger partial charge in [0, 0.05) is 29.5 Å². The van der Waals surface area contributed by atoms with E-state index in [-0.39, 0.29) is 17.7 Å². The highest BCUT2D eigenvalue weighted by atomic mass is 16.1. The Morgan fingerprint density at radius 2 is 1.46 bits per heavy atom. The minimum absolute atomic E-state index is 0.0413. The van der Waals surface area contributed by atoms with Crippen LogP contribution in [0.2, 0.25) is 0 Å². The summed E-state index contributed by atoms with van der Waals surface area (Å²) in [6.07, 6.45) is 1.93. The molecule has 136 valence electrons. The molecule has 3 N–H and O–H groups in total. The van der Waals surface area contributed by atoms with Gasteiger partial charge in [-0.05, 0) is 31.5 Å². The zero-order valence-electron chi connectivity index (χ0n) is 15.5. The third-order valence-corrected chi connectivity index (χ3v) is 4.72. The van der Waals surface area contributed by atoms with Gasteiger partial charge >= 0.3 is 0 Å². The smallest absolute Gasteiger partial charge is 0.196 e. The van der Waals surface area contributed by atoms with Crippen molar-refractivity contribution in [3.8, 4) is 0 Å². The number of benzene rings is 2. The van der Waals surface area contributed by atoms with E-state index in [1.54, 1.807) is 31.3 Å². The maximum absolute atomic E-state index is 13.2. The first kappa shape index (κ1) is 18.1. The molecule has 26 heavy (non-hydrogen) atoms. The standard InChI is InChI=1S/C21H25N3O2/c1-4-12-23-17(5-2)24-16-11-10-15(22-3)18-19(16)21(26)14-9-7-6-8-13(14)20(18)25/h6-11,17,22-24H,4-5,12H2,1-3H3. The van der Waals surface area contributed by atoms with Gasteiger partial charge in [-0.2, -0.15) is 0 Å². The largest absolute Gasteiger partial charge is 0.388 e. The minimum Gasteiger partial charge on any atom is -0.388 e. The lowest BCUT2D eigenvalue weighted by Gasteiger charge is -2.26. The highest BCUT2D eigenvalue weighted by molar-refractivity contribution is 6.31.